The van der Waals surface area contributed by atoms with Crippen molar-refractivity contribution >= 4 is 11.9 Å². The first-order chi connectivity index (χ1) is 11.6. The van der Waals surface area contributed by atoms with Gasteiger partial charge in [-0.1, -0.05) is 0 Å². The van der Waals surface area contributed by atoms with Crippen molar-refractivity contribution in [3.63, 3.8) is 0 Å². The maximum absolute atomic E-state index is 12.2. The summed E-state index contributed by atoms with van der Waals surface area (Å²) in [4.78, 5) is 24.4. The first kappa shape index (κ1) is 19.7. The molecule has 0 aromatic carbocycles. The summed E-state index contributed by atoms with van der Waals surface area (Å²) in [6.45, 7) is 9.41. The summed E-state index contributed by atoms with van der Waals surface area (Å²) in [7, 11) is 1.87. The van der Waals surface area contributed by atoms with E-state index in [2.05, 4.69) is 15.3 Å². The Kier molecular flexibility index (Phi) is 9.26. The number of aliphatic imine (C=N–C) groups is 1. The molecule has 0 bridgehead atoms. The molecular formula is C17H29N5O2. The van der Waals surface area contributed by atoms with Crippen LogP contribution in [0.3, 0.4) is 0 Å². The Hall–Kier alpha value is -2.31. The molecule has 1 N–H and O–H groups in total. The van der Waals surface area contributed by atoms with Gasteiger partial charge in [-0.05, 0) is 32.9 Å². The van der Waals surface area contributed by atoms with E-state index in [9.17, 15) is 4.79 Å². The predicted octanol–water partition coefficient (Wildman–Crippen LogP) is 1.23. The Bertz CT molecular complexity index is 503. The van der Waals surface area contributed by atoms with Crippen LogP contribution in [0.4, 0.5) is 0 Å². The molecule has 24 heavy (non-hydrogen) atoms. The number of carbonyl (C=O) groups excluding carboxylic acids is 1. The van der Waals surface area contributed by atoms with Gasteiger partial charge in [0, 0.05) is 32.9 Å². The molecule has 1 rings (SSSR count). The van der Waals surface area contributed by atoms with Gasteiger partial charge in [0.2, 0.25) is 5.91 Å². The molecule has 0 saturated heterocycles. The Morgan fingerprint density at radius 2 is 2.08 bits per heavy atom. The van der Waals surface area contributed by atoms with E-state index in [-0.39, 0.29) is 5.91 Å². The number of amides is 1. The van der Waals surface area contributed by atoms with Gasteiger partial charge in [0.15, 0.2) is 5.96 Å². The van der Waals surface area contributed by atoms with Crippen LogP contribution in [0.2, 0.25) is 0 Å². The minimum Gasteiger partial charge on any atom is -0.490 e. The molecule has 1 aromatic rings. The monoisotopic (exact) mass is 335 g/mol. The van der Waals surface area contributed by atoms with E-state index >= 15 is 0 Å². The van der Waals surface area contributed by atoms with Crippen molar-refractivity contribution in [2.75, 3.05) is 46.4 Å². The SMILES string of the molecule is CCNC(=NCCOc1cccnc1)N(C)CC(=O)N(CC)CC. The second-order valence-corrected chi connectivity index (χ2v) is 5.19. The lowest BCUT2D eigenvalue weighted by molar-refractivity contribution is -0.131. The number of nitrogens with one attached hydrogen (secondary N) is 1. The molecule has 0 aliphatic rings. The van der Waals surface area contributed by atoms with Gasteiger partial charge < -0.3 is 19.9 Å². The number of carbonyl (C=O) groups is 1. The number of ether oxygens (including phenoxy) is 1. The zero-order valence-electron chi connectivity index (χ0n) is 15.2. The summed E-state index contributed by atoms with van der Waals surface area (Å²) in [5.41, 5.74) is 0. The lowest BCUT2D eigenvalue weighted by atomic mass is 10.4. The van der Waals surface area contributed by atoms with Crippen molar-refractivity contribution in [3.8, 4) is 5.75 Å². The summed E-state index contributed by atoms with van der Waals surface area (Å²) in [5.74, 6) is 1.52. The third kappa shape index (κ3) is 6.85. The molecule has 7 nitrogen and oxygen atoms in total. The Labute approximate surface area is 144 Å². The molecule has 1 heterocycles. The number of likely N-dealkylation sites (N-methyl/N-ethyl adjacent to an activating group) is 2. The maximum Gasteiger partial charge on any atom is 0.242 e. The molecule has 1 aromatic heterocycles. The first-order valence-electron chi connectivity index (χ1n) is 8.42. The second kappa shape index (κ2) is 11.3. The molecule has 0 saturated carbocycles. The second-order valence-electron chi connectivity index (χ2n) is 5.19. The van der Waals surface area contributed by atoms with Crippen LogP contribution in [-0.2, 0) is 4.79 Å². The number of rotatable bonds is 9. The van der Waals surface area contributed by atoms with Gasteiger partial charge in [-0.15, -0.1) is 0 Å². The third-order valence-corrected chi connectivity index (χ3v) is 3.44. The summed E-state index contributed by atoms with van der Waals surface area (Å²) < 4.78 is 5.58. The molecular weight excluding hydrogens is 306 g/mol. The van der Waals surface area contributed by atoms with Crippen molar-refractivity contribution in [2.24, 2.45) is 4.99 Å². The topological polar surface area (TPSA) is 70.1 Å². The average Bonchev–Trinajstić information content (AvgIpc) is 2.59. The molecule has 0 aliphatic heterocycles. The van der Waals surface area contributed by atoms with Gasteiger partial charge in [0.1, 0.15) is 12.4 Å². The summed E-state index contributed by atoms with van der Waals surface area (Å²) in [5, 5.41) is 3.20. The highest BCUT2D eigenvalue weighted by molar-refractivity contribution is 5.86. The van der Waals surface area contributed by atoms with Crippen molar-refractivity contribution in [3.05, 3.63) is 24.5 Å². The molecule has 7 heteroatoms. The van der Waals surface area contributed by atoms with Crippen LogP contribution in [0.25, 0.3) is 0 Å². The van der Waals surface area contributed by atoms with E-state index in [0.717, 1.165) is 25.4 Å². The van der Waals surface area contributed by atoms with Crippen LogP contribution in [0.5, 0.6) is 5.75 Å². The normalized spacial score (nSPS) is 11.1. The molecule has 0 aliphatic carbocycles. The summed E-state index contributed by atoms with van der Waals surface area (Å²) in [6, 6.07) is 3.69. The third-order valence-electron chi connectivity index (χ3n) is 3.44. The Morgan fingerprint density at radius 3 is 2.67 bits per heavy atom. The van der Waals surface area contributed by atoms with Crippen LogP contribution in [-0.4, -0.2) is 73.0 Å². The standard InChI is InChI=1S/C17H29N5O2/c1-5-19-17(21(4)14-16(23)22(6-2)7-3)20-11-12-24-15-9-8-10-18-13-15/h8-10,13H,5-7,11-12,14H2,1-4H3,(H,19,20). The van der Waals surface area contributed by atoms with E-state index < -0.39 is 0 Å². The van der Waals surface area contributed by atoms with Crippen molar-refractivity contribution < 1.29 is 9.53 Å². The lowest BCUT2D eigenvalue weighted by Crippen LogP contribution is -2.45. The number of nitrogens with zero attached hydrogens (tertiary/aromatic N) is 4. The summed E-state index contributed by atoms with van der Waals surface area (Å²) in [6.07, 6.45) is 3.37. The number of hydrogen-bond acceptors (Lipinski definition) is 4. The molecule has 0 radical (unpaired) electrons. The molecule has 0 unspecified atom stereocenters. The number of guanidine groups is 1. The van der Waals surface area contributed by atoms with Crippen LogP contribution in [0.1, 0.15) is 20.8 Å². The number of aromatic nitrogens is 1. The molecule has 0 spiro atoms. The number of hydrogen-bond donors (Lipinski definition) is 1. The molecule has 0 atom stereocenters. The van der Waals surface area contributed by atoms with Gasteiger partial charge in [-0.25, -0.2) is 4.99 Å². The van der Waals surface area contributed by atoms with Gasteiger partial charge in [-0.2, -0.15) is 0 Å². The fourth-order valence-electron chi connectivity index (χ4n) is 2.17. The minimum atomic E-state index is 0.0970. The van der Waals surface area contributed by atoms with Gasteiger partial charge in [0.05, 0.1) is 19.3 Å². The van der Waals surface area contributed by atoms with Gasteiger partial charge in [-0.3, -0.25) is 9.78 Å². The van der Waals surface area contributed by atoms with E-state index in [4.69, 9.17) is 4.74 Å². The van der Waals surface area contributed by atoms with Gasteiger partial charge >= 0.3 is 0 Å². The Morgan fingerprint density at radius 1 is 1.33 bits per heavy atom. The fourth-order valence-corrected chi connectivity index (χ4v) is 2.17. The molecule has 134 valence electrons. The maximum atomic E-state index is 12.2. The number of pyridine rings is 1. The predicted molar refractivity (Wildman–Crippen MR) is 96.3 cm³/mol. The van der Waals surface area contributed by atoms with E-state index in [1.165, 1.54) is 0 Å². The van der Waals surface area contributed by atoms with Crippen LogP contribution in [0, 0.1) is 0 Å². The van der Waals surface area contributed by atoms with Crippen molar-refractivity contribution in [1.82, 2.24) is 20.1 Å². The highest BCUT2D eigenvalue weighted by Gasteiger charge is 2.14. The molecule has 0 fully saturated rings. The first-order valence-corrected chi connectivity index (χ1v) is 8.42. The van der Waals surface area contributed by atoms with Crippen molar-refractivity contribution in [2.45, 2.75) is 20.8 Å². The zero-order valence-corrected chi connectivity index (χ0v) is 15.2. The van der Waals surface area contributed by atoms with E-state index in [0.29, 0.717) is 25.7 Å². The fraction of sp³-hybridized carbons (Fsp3) is 0.588. The molecule has 1 amide bonds. The van der Waals surface area contributed by atoms with Crippen LogP contribution < -0.4 is 10.1 Å². The van der Waals surface area contributed by atoms with Crippen LogP contribution in [0.15, 0.2) is 29.5 Å². The minimum absolute atomic E-state index is 0.0970. The summed E-state index contributed by atoms with van der Waals surface area (Å²) >= 11 is 0. The highest BCUT2D eigenvalue weighted by atomic mass is 16.5. The Balaban J connectivity index is 2.52. The largest absolute Gasteiger partial charge is 0.490 e. The smallest absolute Gasteiger partial charge is 0.242 e. The van der Waals surface area contributed by atoms with Crippen LogP contribution >= 0.6 is 0 Å². The van der Waals surface area contributed by atoms with E-state index in [1.807, 2.05) is 49.8 Å². The average molecular weight is 335 g/mol. The van der Waals surface area contributed by atoms with Gasteiger partial charge in [0.25, 0.3) is 0 Å². The quantitative estimate of drug-likeness (QED) is 0.417. The lowest BCUT2D eigenvalue weighted by Gasteiger charge is -2.25. The highest BCUT2D eigenvalue weighted by Crippen LogP contribution is 2.05. The van der Waals surface area contributed by atoms with E-state index in [1.54, 1.807) is 12.4 Å². The zero-order chi connectivity index (χ0) is 17.8. The van der Waals surface area contributed by atoms with Crippen molar-refractivity contribution in [1.29, 1.82) is 0 Å².